The van der Waals surface area contributed by atoms with E-state index in [0.717, 1.165) is 25.2 Å². The van der Waals surface area contributed by atoms with E-state index in [1.807, 2.05) is 35.0 Å². The molecule has 6 heteroatoms. The third kappa shape index (κ3) is 2.23. The normalized spacial score (nSPS) is 13.8. The molecule has 0 spiro atoms. The zero-order chi connectivity index (χ0) is 12.2. The van der Waals surface area contributed by atoms with Crippen LogP contribution in [0.4, 0.5) is 0 Å². The number of pyridine rings is 1. The first-order valence-electron chi connectivity index (χ1n) is 5.90. The maximum absolute atomic E-state index is 3.94. The monoisotopic (exact) mass is 242 g/mol. The summed E-state index contributed by atoms with van der Waals surface area (Å²) in [6, 6.07) is 5.79. The highest BCUT2D eigenvalue weighted by atomic mass is 15.2. The van der Waals surface area contributed by atoms with Crippen LogP contribution in [0.1, 0.15) is 11.3 Å². The molecule has 0 atom stereocenters. The van der Waals surface area contributed by atoms with Gasteiger partial charge in [0.25, 0.3) is 0 Å². The van der Waals surface area contributed by atoms with E-state index in [4.69, 9.17) is 0 Å². The predicted octanol–water partition coefficient (Wildman–Crippen LogP) is 0.785. The molecule has 3 aromatic heterocycles. The fourth-order valence-electron chi connectivity index (χ4n) is 1.91. The van der Waals surface area contributed by atoms with Gasteiger partial charge < -0.3 is 5.32 Å². The highest BCUT2D eigenvalue weighted by Gasteiger charge is 2.08. The molecule has 0 unspecified atom stereocenters. The molecule has 0 aliphatic carbocycles. The van der Waals surface area contributed by atoms with Gasteiger partial charge in [0.2, 0.25) is 0 Å². The van der Waals surface area contributed by atoms with Gasteiger partial charge in [0.15, 0.2) is 5.65 Å². The first kappa shape index (κ1) is 10.9. The minimum Gasteiger partial charge on any atom is -0.312 e. The molecular formula is C12H14N6. The number of H-pyrrole nitrogens is 1. The number of nitrogens with zero attached hydrogens (tertiary/aromatic N) is 4. The van der Waals surface area contributed by atoms with E-state index in [1.165, 1.54) is 11.3 Å². The van der Waals surface area contributed by atoms with Crippen molar-refractivity contribution in [1.29, 1.82) is 0 Å². The number of fused-ring (bicyclic) bond motifs is 2. The van der Waals surface area contributed by atoms with Crippen molar-refractivity contribution in [2.75, 3.05) is 6.54 Å². The van der Waals surface area contributed by atoms with E-state index in [9.17, 15) is 0 Å². The zero-order valence-electron chi connectivity index (χ0n) is 9.87. The van der Waals surface area contributed by atoms with Crippen molar-refractivity contribution in [3.8, 4) is 0 Å². The Morgan fingerprint density at radius 1 is 1.28 bits per heavy atom. The molecule has 92 valence electrons. The van der Waals surface area contributed by atoms with Gasteiger partial charge in [-0.1, -0.05) is 6.07 Å². The average Bonchev–Trinajstić information content (AvgIpc) is 3.08. The summed E-state index contributed by atoms with van der Waals surface area (Å²) >= 11 is 0. The molecule has 3 aromatic rings. The number of aromatic amines is 1. The molecule has 0 amide bonds. The smallest absolute Gasteiger partial charge is 0.160 e. The van der Waals surface area contributed by atoms with Gasteiger partial charge in [0.1, 0.15) is 6.33 Å². The molecule has 0 saturated carbocycles. The molecule has 1 aliphatic rings. The second kappa shape index (κ2) is 4.97. The topological polar surface area (TPSA) is 70.9 Å². The maximum atomic E-state index is 3.94. The van der Waals surface area contributed by atoms with Crippen molar-refractivity contribution < 1.29 is 0 Å². The number of nitrogens with one attached hydrogen (secondary N) is 2. The second-order valence-electron chi connectivity index (χ2n) is 4.10. The Labute approximate surface area is 104 Å². The average molecular weight is 242 g/mol. The highest BCUT2D eigenvalue weighted by Crippen LogP contribution is 2.07. The Kier molecular flexibility index (Phi) is 3.01. The fourth-order valence-corrected chi connectivity index (χ4v) is 1.91. The minimum atomic E-state index is 0.887. The number of hydrogen-bond donors (Lipinski definition) is 2. The zero-order valence-corrected chi connectivity index (χ0v) is 9.87. The van der Waals surface area contributed by atoms with E-state index in [0.29, 0.717) is 0 Å². The highest BCUT2D eigenvalue weighted by molar-refractivity contribution is 5.34. The van der Waals surface area contributed by atoms with Crippen LogP contribution < -0.4 is 5.32 Å². The molecule has 0 aromatic carbocycles. The largest absolute Gasteiger partial charge is 0.312 e. The number of rotatable bonds is 0. The first-order chi connectivity index (χ1) is 8.93. The van der Waals surface area contributed by atoms with Crippen molar-refractivity contribution in [1.82, 2.24) is 30.1 Å². The lowest BCUT2D eigenvalue weighted by Crippen LogP contribution is -2.22. The summed E-state index contributed by atoms with van der Waals surface area (Å²) in [5.41, 5.74) is 3.51. The number of hydrogen-bond acceptors (Lipinski definition) is 4. The van der Waals surface area contributed by atoms with Crippen molar-refractivity contribution >= 4 is 5.65 Å². The lowest BCUT2D eigenvalue weighted by atomic mass is 10.1. The van der Waals surface area contributed by atoms with E-state index >= 15 is 0 Å². The lowest BCUT2D eigenvalue weighted by Gasteiger charge is -2.10. The van der Waals surface area contributed by atoms with Crippen LogP contribution in [0.15, 0.2) is 36.9 Å². The molecule has 0 fully saturated rings. The van der Waals surface area contributed by atoms with Crippen LogP contribution in [-0.4, -0.2) is 31.3 Å². The molecule has 0 bridgehead atoms. The van der Waals surface area contributed by atoms with Gasteiger partial charge in [-0.15, -0.1) is 10.2 Å². The fraction of sp³-hybridized carbons (Fsp3) is 0.250. The summed E-state index contributed by atoms with van der Waals surface area (Å²) in [6.45, 7) is 2.06. The van der Waals surface area contributed by atoms with Crippen molar-refractivity contribution in [3.63, 3.8) is 0 Å². The Hall–Kier alpha value is -2.21. The Morgan fingerprint density at radius 2 is 2.28 bits per heavy atom. The minimum absolute atomic E-state index is 0.887. The third-order valence-corrected chi connectivity index (χ3v) is 2.88. The number of aromatic nitrogens is 5. The summed E-state index contributed by atoms with van der Waals surface area (Å²) in [5, 5.41) is 17.7. The van der Waals surface area contributed by atoms with Gasteiger partial charge in [-0.05, 0) is 12.1 Å². The van der Waals surface area contributed by atoms with Crippen LogP contribution in [-0.2, 0) is 13.0 Å². The summed E-state index contributed by atoms with van der Waals surface area (Å²) in [6.07, 6.45) is 6.57. The lowest BCUT2D eigenvalue weighted by molar-refractivity contribution is 0.637. The van der Waals surface area contributed by atoms with Crippen LogP contribution >= 0.6 is 0 Å². The van der Waals surface area contributed by atoms with Gasteiger partial charge >= 0.3 is 0 Å². The molecule has 2 N–H and O–H groups in total. The Balaban J connectivity index is 0.000000111. The van der Waals surface area contributed by atoms with Gasteiger partial charge in [-0.3, -0.25) is 9.50 Å². The van der Waals surface area contributed by atoms with Crippen molar-refractivity contribution in [2.45, 2.75) is 13.0 Å². The summed E-state index contributed by atoms with van der Waals surface area (Å²) in [4.78, 5) is 0. The van der Waals surface area contributed by atoms with Crippen LogP contribution in [0.2, 0.25) is 0 Å². The van der Waals surface area contributed by atoms with E-state index in [1.54, 1.807) is 6.33 Å². The summed E-state index contributed by atoms with van der Waals surface area (Å²) in [7, 11) is 0. The molecular weight excluding hydrogens is 228 g/mol. The molecule has 4 rings (SSSR count). The van der Waals surface area contributed by atoms with Crippen LogP contribution in [0.25, 0.3) is 5.65 Å². The molecule has 0 radical (unpaired) electrons. The SMILES string of the molecule is c1ccn2cnnc2c1.c1n[nH]c2c1CNCC2. The molecule has 18 heavy (non-hydrogen) atoms. The molecule has 6 nitrogen and oxygen atoms in total. The molecule has 0 saturated heterocycles. The van der Waals surface area contributed by atoms with Crippen LogP contribution in [0, 0.1) is 0 Å². The van der Waals surface area contributed by atoms with E-state index < -0.39 is 0 Å². The van der Waals surface area contributed by atoms with E-state index in [-0.39, 0.29) is 0 Å². The van der Waals surface area contributed by atoms with Gasteiger partial charge in [0.05, 0.1) is 6.20 Å². The summed E-state index contributed by atoms with van der Waals surface area (Å²) in [5.74, 6) is 0. The Morgan fingerprint density at radius 3 is 3.17 bits per heavy atom. The van der Waals surface area contributed by atoms with Gasteiger partial charge in [-0.2, -0.15) is 5.10 Å². The van der Waals surface area contributed by atoms with Gasteiger partial charge in [0, 0.05) is 37.0 Å². The standard InChI is InChI=1S/C6H9N3.C6H5N3/c1-2-7-3-5-4-8-9-6(1)5;1-2-4-9-5-7-8-6(9)3-1/h4,7H,1-3H2,(H,8,9);1-5H. The third-order valence-electron chi connectivity index (χ3n) is 2.88. The quantitative estimate of drug-likeness (QED) is 0.611. The Bertz CT molecular complexity index is 575. The van der Waals surface area contributed by atoms with Gasteiger partial charge in [-0.25, -0.2) is 0 Å². The first-order valence-corrected chi connectivity index (χ1v) is 5.90. The van der Waals surface area contributed by atoms with E-state index in [2.05, 4.69) is 25.7 Å². The van der Waals surface area contributed by atoms with Crippen molar-refractivity contribution in [3.05, 3.63) is 48.2 Å². The second-order valence-corrected chi connectivity index (χ2v) is 4.10. The molecule has 1 aliphatic heterocycles. The predicted molar refractivity (Wildman–Crippen MR) is 67.0 cm³/mol. The maximum Gasteiger partial charge on any atom is 0.160 e. The van der Waals surface area contributed by atoms with Crippen LogP contribution in [0.3, 0.4) is 0 Å². The van der Waals surface area contributed by atoms with Crippen LogP contribution in [0.5, 0.6) is 0 Å². The molecule has 4 heterocycles. The van der Waals surface area contributed by atoms with Crippen molar-refractivity contribution in [2.24, 2.45) is 0 Å². The summed E-state index contributed by atoms with van der Waals surface area (Å²) < 4.78 is 1.86.